The average molecular weight is 716 g/mol. The third-order valence-electron chi connectivity index (χ3n) is 13.9. The van der Waals surface area contributed by atoms with Gasteiger partial charge in [-0.3, -0.25) is 0 Å². The zero-order chi connectivity index (χ0) is 37.6. The van der Waals surface area contributed by atoms with Crippen LogP contribution >= 0.6 is 0 Å². The molecule has 0 unspecified atom stereocenters. The number of rotatable bonds is 3. The molecule has 4 aliphatic carbocycles. The summed E-state index contributed by atoms with van der Waals surface area (Å²) in [5.74, 6) is 0. The Balaban J connectivity index is 1.25. The quantitative estimate of drug-likeness (QED) is 0.176. The van der Waals surface area contributed by atoms with Crippen LogP contribution in [-0.4, -0.2) is 0 Å². The van der Waals surface area contributed by atoms with Gasteiger partial charge in [-0.2, -0.15) is 0 Å². The van der Waals surface area contributed by atoms with Crippen molar-refractivity contribution >= 4 is 17.1 Å². The molecular weight excluding hydrogens is 675 g/mol. The van der Waals surface area contributed by atoms with Crippen molar-refractivity contribution in [1.29, 1.82) is 0 Å². The predicted octanol–water partition coefficient (Wildman–Crippen LogP) is 14.1. The van der Waals surface area contributed by atoms with Gasteiger partial charge in [0.25, 0.3) is 0 Å². The number of hydrogen-bond acceptors (Lipinski definition) is 1. The number of nitrogens with zero attached hydrogens (tertiary/aromatic N) is 1. The Bertz CT molecular complexity index is 2930. The highest BCUT2D eigenvalue weighted by Gasteiger charge is 2.54. The molecule has 0 bridgehead atoms. The van der Waals surface area contributed by atoms with Gasteiger partial charge in [-0.1, -0.05) is 185 Å². The molecule has 0 radical (unpaired) electrons. The second-order valence-electron chi connectivity index (χ2n) is 17.2. The Morgan fingerprint density at radius 1 is 0.286 bits per heavy atom. The Hall–Kier alpha value is -6.44. The lowest BCUT2D eigenvalue weighted by atomic mass is 9.70. The lowest BCUT2D eigenvalue weighted by Gasteiger charge is -2.38. The molecule has 0 atom stereocenters. The van der Waals surface area contributed by atoms with Gasteiger partial charge in [-0.15, -0.1) is 0 Å². The molecule has 0 aromatic heterocycles. The summed E-state index contributed by atoms with van der Waals surface area (Å²) in [7, 11) is 0. The maximum absolute atomic E-state index is 2.68. The molecule has 0 amide bonds. The zero-order valence-electron chi connectivity index (χ0n) is 32.2. The standard InChI is InChI=1S/C55H41N/c1-53(2)42-26-11-9-22-40(42)50-46(53)30-17-31-47(50)56(48-32-15-23-38-36-20-5-10-25-41(36)54(3,4)51(38)48)49-33-16-24-39-37-21-8-14-29-45(37)55(52(39)49)43-27-12-6-18-34(43)35-19-7-13-28-44(35)55/h5-33H,1-4H3. The SMILES string of the molecule is CC1(C)c2ccccc2-c2c(N(c3cccc4c3C(C)(C)c3ccccc3-4)c3cccc4c3C3(c5ccccc5-c5ccccc53)c3ccccc3-4)cccc21. The van der Waals surface area contributed by atoms with E-state index in [-0.39, 0.29) is 10.8 Å². The molecule has 8 aromatic rings. The van der Waals surface area contributed by atoms with Gasteiger partial charge in [0.15, 0.2) is 0 Å². The molecule has 0 N–H and O–H groups in total. The van der Waals surface area contributed by atoms with E-state index in [1.165, 1.54) is 106 Å². The van der Waals surface area contributed by atoms with Gasteiger partial charge in [0.05, 0.1) is 22.5 Å². The minimum absolute atomic E-state index is 0.138. The zero-order valence-corrected chi connectivity index (χ0v) is 32.2. The van der Waals surface area contributed by atoms with E-state index in [1.807, 2.05) is 0 Å². The fourth-order valence-electron chi connectivity index (χ4n) is 11.6. The third-order valence-corrected chi connectivity index (χ3v) is 13.9. The minimum atomic E-state index is -0.500. The fraction of sp³-hybridized carbons (Fsp3) is 0.127. The molecule has 1 heteroatoms. The summed E-state index contributed by atoms with van der Waals surface area (Å²) in [6.45, 7) is 9.63. The van der Waals surface area contributed by atoms with Crippen LogP contribution in [0.25, 0.3) is 44.5 Å². The van der Waals surface area contributed by atoms with Crippen LogP contribution in [0, 0.1) is 0 Å². The third kappa shape index (κ3) is 3.72. The summed E-state index contributed by atoms with van der Waals surface area (Å²) in [5, 5.41) is 0. The van der Waals surface area contributed by atoms with E-state index in [2.05, 4.69) is 209 Å². The molecule has 0 aliphatic heterocycles. The molecule has 0 fully saturated rings. The van der Waals surface area contributed by atoms with E-state index in [0.717, 1.165) is 0 Å². The van der Waals surface area contributed by atoms with Crippen molar-refractivity contribution < 1.29 is 0 Å². The van der Waals surface area contributed by atoms with E-state index >= 15 is 0 Å². The van der Waals surface area contributed by atoms with Crippen molar-refractivity contribution in [3.63, 3.8) is 0 Å². The Labute approximate surface area is 329 Å². The molecule has 266 valence electrons. The summed E-state index contributed by atoms with van der Waals surface area (Å²) in [6, 6.07) is 66.8. The van der Waals surface area contributed by atoms with Crippen LogP contribution in [-0.2, 0) is 16.2 Å². The number of fused-ring (bicyclic) bond motifs is 16. The van der Waals surface area contributed by atoms with Gasteiger partial charge < -0.3 is 4.90 Å². The number of benzene rings is 8. The molecule has 12 rings (SSSR count). The normalized spacial score (nSPS) is 15.9. The first kappa shape index (κ1) is 31.9. The van der Waals surface area contributed by atoms with Gasteiger partial charge in [0.1, 0.15) is 0 Å². The van der Waals surface area contributed by atoms with E-state index in [9.17, 15) is 0 Å². The second kappa shape index (κ2) is 10.9. The van der Waals surface area contributed by atoms with Gasteiger partial charge >= 0.3 is 0 Å². The highest BCUT2D eigenvalue weighted by molar-refractivity contribution is 6.03. The van der Waals surface area contributed by atoms with Crippen LogP contribution in [0.1, 0.15) is 72.2 Å². The van der Waals surface area contributed by atoms with E-state index < -0.39 is 5.41 Å². The predicted molar refractivity (Wildman–Crippen MR) is 233 cm³/mol. The van der Waals surface area contributed by atoms with Crippen LogP contribution < -0.4 is 4.90 Å². The van der Waals surface area contributed by atoms with Crippen molar-refractivity contribution in [2.75, 3.05) is 4.90 Å². The summed E-state index contributed by atoms with van der Waals surface area (Å²) in [5.41, 5.74) is 24.3. The van der Waals surface area contributed by atoms with Crippen molar-refractivity contribution in [2.24, 2.45) is 0 Å². The first-order valence-corrected chi connectivity index (χ1v) is 20.0. The smallest absolute Gasteiger partial charge is 0.0746 e. The minimum Gasteiger partial charge on any atom is -0.309 e. The second-order valence-corrected chi connectivity index (χ2v) is 17.2. The first-order valence-electron chi connectivity index (χ1n) is 20.0. The van der Waals surface area contributed by atoms with Crippen LogP contribution in [0.2, 0.25) is 0 Å². The monoisotopic (exact) mass is 715 g/mol. The Kier molecular flexibility index (Phi) is 6.18. The van der Waals surface area contributed by atoms with Gasteiger partial charge in [-0.05, 0) is 96.1 Å². The number of hydrogen-bond donors (Lipinski definition) is 0. The topological polar surface area (TPSA) is 3.24 Å². The lowest BCUT2D eigenvalue weighted by Crippen LogP contribution is -2.29. The van der Waals surface area contributed by atoms with Crippen LogP contribution in [0.15, 0.2) is 176 Å². The molecule has 1 nitrogen and oxygen atoms in total. The molecule has 0 heterocycles. The van der Waals surface area contributed by atoms with Crippen molar-refractivity contribution in [2.45, 2.75) is 43.9 Å². The summed E-state index contributed by atoms with van der Waals surface area (Å²) in [6.07, 6.45) is 0. The van der Waals surface area contributed by atoms with Crippen LogP contribution in [0.4, 0.5) is 17.1 Å². The summed E-state index contributed by atoms with van der Waals surface area (Å²) < 4.78 is 0. The molecule has 4 aliphatic rings. The van der Waals surface area contributed by atoms with Crippen molar-refractivity contribution in [3.8, 4) is 44.5 Å². The largest absolute Gasteiger partial charge is 0.309 e. The van der Waals surface area contributed by atoms with Crippen molar-refractivity contribution in [3.05, 3.63) is 220 Å². The van der Waals surface area contributed by atoms with Crippen LogP contribution in [0.3, 0.4) is 0 Å². The van der Waals surface area contributed by atoms with E-state index in [4.69, 9.17) is 0 Å². The van der Waals surface area contributed by atoms with Gasteiger partial charge in [-0.25, -0.2) is 0 Å². The van der Waals surface area contributed by atoms with E-state index in [0.29, 0.717) is 0 Å². The van der Waals surface area contributed by atoms with Gasteiger partial charge in [0, 0.05) is 22.0 Å². The molecule has 0 saturated heterocycles. The fourth-order valence-corrected chi connectivity index (χ4v) is 11.6. The molecule has 0 saturated carbocycles. The molecule has 8 aromatic carbocycles. The van der Waals surface area contributed by atoms with Gasteiger partial charge in [0.2, 0.25) is 0 Å². The summed E-state index contributed by atoms with van der Waals surface area (Å²) >= 11 is 0. The Morgan fingerprint density at radius 2 is 0.643 bits per heavy atom. The van der Waals surface area contributed by atoms with Crippen molar-refractivity contribution in [1.82, 2.24) is 0 Å². The molecular formula is C55H41N. The lowest BCUT2D eigenvalue weighted by molar-refractivity contribution is 0.659. The summed E-state index contributed by atoms with van der Waals surface area (Å²) in [4.78, 5) is 2.68. The molecule has 1 spiro atoms. The highest BCUT2D eigenvalue weighted by Crippen LogP contribution is 2.67. The van der Waals surface area contributed by atoms with E-state index in [1.54, 1.807) is 0 Å². The number of anilines is 3. The molecule has 56 heavy (non-hydrogen) atoms. The average Bonchev–Trinajstić information content (AvgIpc) is 3.87. The maximum atomic E-state index is 2.68. The first-order chi connectivity index (χ1) is 27.3. The highest BCUT2D eigenvalue weighted by atomic mass is 15.2. The van der Waals surface area contributed by atoms with Crippen LogP contribution in [0.5, 0.6) is 0 Å². The Morgan fingerprint density at radius 3 is 1.21 bits per heavy atom. The maximum Gasteiger partial charge on any atom is 0.0746 e.